The Labute approximate surface area is 83.5 Å². The van der Waals surface area contributed by atoms with E-state index >= 15 is 0 Å². The fraction of sp³-hybridized carbons (Fsp3) is 0.0769. The largest absolute Gasteiger partial charge is 0.398 e. The summed E-state index contributed by atoms with van der Waals surface area (Å²) in [6, 6.07) is 12.0. The fourth-order valence-electron chi connectivity index (χ4n) is 1.66. The van der Waals surface area contributed by atoms with E-state index < -0.39 is 0 Å². The van der Waals surface area contributed by atoms with Gasteiger partial charge in [0.25, 0.3) is 0 Å². The van der Waals surface area contributed by atoms with Crippen molar-refractivity contribution in [2.24, 2.45) is 0 Å². The number of nitrogen functional groups attached to an aromatic ring is 1. The summed E-state index contributed by atoms with van der Waals surface area (Å²) >= 11 is 0. The van der Waals surface area contributed by atoms with E-state index in [2.05, 4.69) is 12.0 Å². The van der Waals surface area contributed by atoms with Gasteiger partial charge >= 0.3 is 0 Å². The van der Waals surface area contributed by atoms with Gasteiger partial charge in [0.15, 0.2) is 0 Å². The molecule has 0 amide bonds. The van der Waals surface area contributed by atoms with E-state index in [0.29, 0.717) is 6.42 Å². The quantitative estimate of drug-likeness (QED) is 0.531. The van der Waals surface area contributed by atoms with Crippen LogP contribution in [0, 0.1) is 12.3 Å². The number of hydrogen-bond donors (Lipinski definition) is 1. The van der Waals surface area contributed by atoms with Gasteiger partial charge in [0, 0.05) is 17.5 Å². The monoisotopic (exact) mass is 181 g/mol. The molecule has 0 spiro atoms. The second-order valence-corrected chi connectivity index (χ2v) is 3.24. The maximum absolute atomic E-state index is 5.87. The molecule has 2 N–H and O–H groups in total. The summed E-state index contributed by atoms with van der Waals surface area (Å²) in [7, 11) is 0. The summed E-state index contributed by atoms with van der Waals surface area (Å²) < 4.78 is 0. The zero-order valence-electron chi connectivity index (χ0n) is 7.83. The minimum Gasteiger partial charge on any atom is -0.398 e. The summed E-state index contributed by atoms with van der Waals surface area (Å²) in [4.78, 5) is 0. The molecule has 0 bridgehead atoms. The minimum atomic E-state index is 0.654. The lowest BCUT2D eigenvalue weighted by molar-refractivity contribution is 1.36. The van der Waals surface area contributed by atoms with Crippen molar-refractivity contribution in [1.82, 2.24) is 0 Å². The second kappa shape index (κ2) is 3.43. The van der Waals surface area contributed by atoms with Gasteiger partial charge in [-0.1, -0.05) is 30.3 Å². The van der Waals surface area contributed by atoms with Crippen molar-refractivity contribution in [3.8, 4) is 12.3 Å². The SMILES string of the molecule is C#CCc1cccc2c(N)cccc12. The topological polar surface area (TPSA) is 26.0 Å². The minimum absolute atomic E-state index is 0.654. The van der Waals surface area contributed by atoms with Crippen molar-refractivity contribution in [1.29, 1.82) is 0 Å². The molecule has 2 rings (SSSR count). The molecule has 0 unspecified atom stereocenters. The van der Waals surface area contributed by atoms with Gasteiger partial charge in [-0.2, -0.15) is 0 Å². The summed E-state index contributed by atoms with van der Waals surface area (Å²) in [5.41, 5.74) is 7.84. The molecule has 1 heteroatoms. The highest BCUT2D eigenvalue weighted by Crippen LogP contribution is 2.23. The van der Waals surface area contributed by atoms with Gasteiger partial charge in [0.1, 0.15) is 0 Å². The first kappa shape index (κ1) is 8.65. The van der Waals surface area contributed by atoms with Crippen LogP contribution in [-0.4, -0.2) is 0 Å². The number of nitrogens with two attached hydrogens (primary N) is 1. The van der Waals surface area contributed by atoms with Gasteiger partial charge in [-0.25, -0.2) is 0 Å². The van der Waals surface area contributed by atoms with Crippen LogP contribution in [0.15, 0.2) is 36.4 Å². The third-order valence-corrected chi connectivity index (χ3v) is 2.34. The van der Waals surface area contributed by atoms with E-state index in [1.807, 2.05) is 30.3 Å². The molecule has 0 heterocycles. The van der Waals surface area contributed by atoms with Crippen LogP contribution in [0.3, 0.4) is 0 Å². The summed E-state index contributed by atoms with van der Waals surface area (Å²) in [6.07, 6.45) is 5.96. The molecule has 2 aromatic rings. The van der Waals surface area contributed by atoms with Crippen molar-refractivity contribution in [2.45, 2.75) is 6.42 Å². The van der Waals surface area contributed by atoms with Gasteiger partial charge in [-0.15, -0.1) is 12.3 Å². The Morgan fingerprint density at radius 3 is 2.57 bits per heavy atom. The lowest BCUT2D eigenvalue weighted by Gasteiger charge is -2.05. The van der Waals surface area contributed by atoms with Crippen LogP contribution in [0.4, 0.5) is 5.69 Å². The van der Waals surface area contributed by atoms with E-state index in [-0.39, 0.29) is 0 Å². The van der Waals surface area contributed by atoms with E-state index in [0.717, 1.165) is 22.0 Å². The van der Waals surface area contributed by atoms with Crippen molar-refractivity contribution >= 4 is 16.5 Å². The van der Waals surface area contributed by atoms with Crippen LogP contribution in [0.5, 0.6) is 0 Å². The molecule has 2 aromatic carbocycles. The molecule has 1 nitrogen and oxygen atoms in total. The zero-order chi connectivity index (χ0) is 9.97. The van der Waals surface area contributed by atoms with Crippen LogP contribution < -0.4 is 5.73 Å². The first-order valence-electron chi connectivity index (χ1n) is 4.52. The van der Waals surface area contributed by atoms with E-state index in [4.69, 9.17) is 12.2 Å². The Hall–Kier alpha value is -1.94. The highest BCUT2D eigenvalue weighted by Gasteiger charge is 2.00. The predicted octanol–water partition coefficient (Wildman–Crippen LogP) is 2.60. The molecule has 0 aromatic heterocycles. The van der Waals surface area contributed by atoms with Crippen LogP contribution in [0.1, 0.15) is 5.56 Å². The Morgan fingerprint density at radius 1 is 1.07 bits per heavy atom. The predicted molar refractivity (Wildman–Crippen MR) is 60.9 cm³/mol. The van der Waals surface area contributed by atoms with Crippen LogP contribution in [0.2, 0.25) is 0 Å². The van der Waals surface area contributed by atoms with E-state index in [1.165, 1.54) is 0 Å². The number of hydrogen-bond acceptors (Lipinski definition) is 1. The third kappa shape index (κ3) is 1.31. The molecule has 0 fully saturated rings. The number of fused-ring (bicyclic) bond motifs is 1. The van der Waals surface area contributed by atoms with E-state index in [1.54, 1.807) is 0 Å². The molecule has 0 saturated carbocycles. The normalized spacial score (nSPS) is 9.93. The van der Waals surface area contributed by atoms with Crippen molar-refractivity contribution < 1.29 is 0 Å². The Morgan fingerprint density at radius 2 is 1.79 bits per heavy atom. The molecular weight excluding hydrogens is 170 g/mol. The highest BCUT2D eigenvalue weighted by atomic mass is 14.5. The van der Waals surface area contributed by atoms with Crippen molar-refractivity contribution in [2.75, 3.05) is 5.73 Å². The highest BCUT2D eigenvalue weighted by molar-refractivity contribution is 5.95. The van der Waals surface area contributed by atoms with E-state index in [9.17, 15) is 0 Å². The molecule has 0 aliphatic rings. The lowest BCUT2D eigenvalue weighted by atomic mass is 10.0. The number of anilines is 1. The van der Waals surface area contributed by atoms with Gasteiger partial charge in [-0.05, 0) is 17.0 Å². The average Bonchev–Trinajstić information content (AvgIpc) is 2.20. The van der Waals surface area contributed by atoms with Crippen LogP contribution in [-0.2, 0) is 6.42 Å². The second-order valence-electron chi connectivity index (χ2n) is 3.24. The zero-order valence-corrected chi connectivity index (χ0v) is 7.83. The Bertz CT molecular complexity index is 506. The molecule has 14 heavy (non-hydrogen) atoms. The molecule has 0 atom stereocenters. The lowest BCUT2D eigenvalue weighted by Crippen LogP contribution is -1.89. The molecule has 68 valence electrons. The molecule has 0 aliphatic heterocycles. The fourth-order valence-corrected chi connectivity index (χ4v) is 1.66. The van der Waals surface area contributed by atoms with Crippen molar-refractivity contribution in [3.05, 3.63) is 42.0 Å². The summed E-state index contributed by atoms with van der Waals surface area (Å²) in [5, 5.41) is 2.24. The smallest absolute Gasteiger partial charge is 0.0393 e. The summed E-state index contributed by atoms with van der Waals surface area (Å²) in [6.45, 7) is 0. The molecule has 0 aliphatic carbocycles. The van der Waals surface area contributed by atoms with Crippen molar-refractivity contribution in [3.63, 3.8) is 0 Å². The number of benzene rings is 2. The standard InChI is InChI=1S/C13H11N/c1-2-5-10-6-3-8-12-11(10)7-4-9-13(12)14/h1,3-4,6-9H,5,14H2. The van der Waals surface area contributed by atoms with Gasteiger partial charge in [0.2, 0.25) is 0 Å². The molecule has 0 radical (unpaired) electrons. The first-order valence-corrected chi connectivity index (χ1v) is 4.52. The molecule has 0 saturated heterocycles. The van der Waals surface area contributed by atoms with Gasteiger partial charge in [-0.3, -0.25) is 0 Å². The maximum Gasteiger partial charge on any atom is 0.0393 e. The first-order chi connectivity index (χ1) is 6.83. The third-order valence-electron chi connectivity index (χ3n) is 2.34. The van der Waals surface area contributed by atoms with Crippen LogP contribution in [0.25, 0.3) is 10.8 Å². The summed E-state index contributed by atoms with van der Waals surface area (Å²) in [5.74, 6) is 2.65. The molecular formula is C13H11N. The van der Waals surface area contributed by atoms with Gasteiger partial charge < -0.3 is 5.73 Å². The number of rotatable bonds is 1. The van der Waals surface area contributed by atoms with Gasteiger partial charge in [0.05, 0.1) is 0 Å². The Kier molecular flexibility index (Phi) is 2.12. The average molecular weight is 181 g/mol. The van der Waals surface area contributed by atoms with Crippen LogP contribution >= 0.6 is 0 Å². The number of terminal acetylenes is 1. The maximum atomic E-state index is 5.87. The Balaban J connectivity index is 2.76.